The molecule has 5 aromatic rings. The maximum atomic E-state index is 5.03. The van der Waals surface area contributed by atoms with E-state index in [2.05, 4.69) is 83.1 Å². The zero-order chi connectivity index (χ0) is 26.2. The molecule has 0 amide bonds. The van der Waals surface area contributed by atoms with Crippen LogP contribution in [0.1, 0.15) is 31.0 Å². The van der Waals surface area contributed by atoms with E-state index in [1.807, 2.05) is 37.4 Å². The van der Waals surface area contributed by atoms with Gasteiger partial charge in [0.05, 0.1) is 22.6 Å². The number of H-pyrrole nitrogens is 2. The molecule has 6 heteroatoms. The largest absolute Gasteiger partial charge is 0.359 e. The summed E-state index contributed by atoms with van der Waals surface area (Å²) in [5.41, 5.74) is 11.4. The lowest BCUT2D eigenvalue weighted by atomic mass is 10.1. The van der Waals surface area contributed by atoms with Crippen molar-refractivity contribution in [2.24, 2.45) is 5.92 Å². The summed E-state index contributed by atoms with van der Waals surface area (Å²) in [4.78, 5) is 13.3. The second-order valence-electron chi connectivity index (χ2n) is 9.81. The third kappa shape index (κ3) is 4.45. The number of aromatic nitrogens is 5. The Balaban J connectivity index is 1.39. The first-order valence-corrected chi connectivity index (χ1v) is 12.9. The van der Waals surface area contributed by atoms with Gasteiger partial charge in [-0.1, -0.05) is 43.0 Å². The molecule has 0 radical (unpaired) electrons. The Morgan fingerprint density at radius 2 is 1.95 bits per heavy atom. The normalized spacial score (nSPS) is 14.3. The first kappa shape index (κ1) is 23.7. The molecule has 0 aliphatic heterocycles. The summed E-state index contributed by atoms with van der Waals surface area (Å²) in [5.74, 6) is 0.563. The number of hydrogen-bond donors (Lipinski definition) is 3. The van der Waals surface area contributed by atoms with Gasteiger partial charge in [-0.2, -0.15) is 5.10 Å². The molecule has 188 valence electrons. The number of allylic oxidation sites excluding steroid dienone is 5. The highest BCUT2D eigenvalue weighted by molar-refractivity contribution is 5.99. The standard InChI is InChI=1S/C32H30N6/c1-5-21(17-24(6-2)34-20(4)22-10-11-22)26-12-13-28-31(36-26)32(38-37-28)29-18-25-27(35-29)14-15-33-30(25)23-9-7-8-19(3)16-23/h5-9,12-18,22,34-35H,2,4,10-11H2,1,3H3,(H,37,38)/b21-5+,24-17+. The average molecular weight is 499 g/mol. The Hall–Kier alpha value is -4.71. The molecule has 1 aliphatic rings. The quantitative estimate of drug-likeness (QED) is 0.194. The van der Waals surface area contributed by atoms with Crippen molar-refractivity contribution in [3.05, 3.63) is 109 Å². The van der Waals surface area contributed by atoms with Gasteiger partial charge in [0.15, 0.2) is 0 Å². The molecule has 1 aliphatic carbocycles. The van der Waals surface area contributed by atoms with E-state index in [0.29, 0.717) is 5.92 Å². The van der Waals surface area contributed by atoms with Crippen LogP contribution >= 0.6 is 0 Å². The Labute approximate surface area is 221 Å². The Morgan fingerprint density at radius 3 is 2.71 bits per heavy atom. The van der Waals surface area contributed by atoms with E-state index < -0.39 is 0 Å². The van der Waals surface area contributed by atoms with Crippen LogP contribution in [0.3, 0.4) is 0 Å². The fraction of sp³-hybridized carbons (Fsp3) is 0.156. The lowest BCUT2D eigenvalue weighted by Gasteiger charge is -2.11. The van der Waals surface area contributed by atoms with Crippen molar-refractivity contribution in [1.82, 2.24) is 30.5 Å². The van der Waals surface area contributed by atoms with Crippen LogP contribution in [-0.2, 0) is 0 Å². The molecular formula is C32H30N6. The molecule has 1 saturated carbocycles. The van der Waals surface area contributed by atoms with E-state index in [9.17, 15) is 0 Å². The summed E-state index contributed by atoms with van der Waals surface area (Å²) in [7, 11) is 0. The summed E-state index contributed by atoms with van der Waals surface area (Å²) in [5, 5.41) is 12.2. The third-order valence-corrected chi connectivity index (χ3v) is 7.02. The SMILES string of the molecule is C=C/C(=C\C(=C/C)c1ccc2[nH]nc(-c3cc4c(-c5cccc(C)c5)nccc4[nH]3)c2n1)NC(=C)C1CC1. The van der Waals surface area contributed by atoms with Crippen LogP contribution in [0.4, 0.5) is 0 Å². The molecule has 1 aromatic carbocycles. The minimum atomic E-state index is 0.563. The molecule has 0 spiro atoms. The van der Waals surface area contributed by atoms with Gasteiger partial charge in [0.1, 0.15) is 11.2 Å². The molecule has 0 bridgehead atoms. The highest BCUT2D eigenvalue weighted by atomic mass is 15.1. The number of nitrogens with one attached hydrogen (secondary N) is 3. The van der Waals surface area contributed by atoms with Crippen molar-refractivity contribution in [1.29, 1.82) is 0 Å². The summed E-state index contributed by atoms with van der Waals surface area (Å²) in [6, 6.07) is 16.6. The molecule has 6 rings (SSSR count). The highest BCUT2D eigenvalue weighted by Gasteiger charge is 2.24. The minimum absolute atomic E-state index is 0.563. The molecule has 1 fully saturated rings. The molecule has 3 N–H and O–H groups in total. The van der Waals surface area contributed by atoms with Crippen LogP contribution in [0.25, 0.3) is 50.2 Å². The first-order valence-electron chi connectivity index (χ1n) is 12.9. The van der Waals surface area contributed by atoms with Gasteiger partial charge < -0.3 is 10.3 Å². The molecule has 4 aromatic heterocycles. The van der Waals surface area contributed by atoms with Gasteiger partial charge >= 0.3 is 0 Å². The number of aromatic amines is 2. The molecule has 0 atom stereocenters. The van der Waals surface area contributed by atoms with Crippen LogP contribution in [0.15, 0.2) is 97.5 Å². The van der Waals surface area contributed by atoms with Gasteiger partial charge in [0.2, 0.25) is 0 Å². The topological polar surface area (TPSA) is 82.3 Å². The highest BCUT2D eigenvalue weighted by Crippen LogP contribution is 2.35. The predicted molar refractivity (Wildman–Crippen MR) is 156 cm³/mol. The third-order valence-electron chi connectivity index (χ3n) is 7.02. The molecule has 4 heterocycles. The van der Waals surface area contributed by atoms with E-state index in [1.165, 1.54) is 18.4 Å². The molecule has 6 nitrogen and oxygen atoms in total. The van der Waals surface area contributed by atoms with Crippen LogP contribution in [0, 0.1) is 12.8 Å². The predicted octanol–water partition coefficient (Wildman–Crippen LogP) is 7.46. The number of pyridine rings is 2. The lowest BCUT2D eigenvalue weighted by molar-refractivity contribution is 0.865. The zero-order valence-electron chi connectivity index (χ0n) is 21.7. The lowest BCUT2D eigenvalue weighted by Crippen LogP contribution is -2.11. The van der Waals surface area contributed by atoms with E-state index in [1.54, 1.807) is 0 Å². The molecule has 0 unspecified atom stereocenters. The van der Waals surface area contributed by atoms with Crippen LogP contribution in [0.5, 0.6) is 0 Å². The number of rotatable bonds is 8. The van der Waals surface area contributed by atoms with Gasteiger partial charge in [-0.25, -0.2) is 4.98 Å². The van der Waals surface area contributed by atoms with E-state index in [4.69, 9.17) is 9.97 Å². The van der Waals surface area contributed by atoms with Gasteiger partial charge in [-0.15, -0.1) is 0 Å². The summed E-state index contributed by atoms with van der Waals surface area (Å²) < 4.78 is 0. The summed E-state index contributed by atoms with van der Waals surface area (Å²) in [6.07, 6.45) is 10.2. The van der Waals surface area contributed by atoms with Gasteiger partial charge in [-0.05, 0) is 80.7 Å². The molecule has 0 saturated heterocycles. The Bertz CT molecular complexity index is 1760. The van der Waals surface area contributed by atoms with E-state index in [0.717, 1.165) is 67.2 Å². The fourth-order valence-electron chi connectivity index (χ4n) is 4.79. The van der Waals surface area contributed by atoms with Crippen molar-refractivity contribution in [2.75, 3.05) is 0 Å². The fourth-order valence-corrected chi connectivity index (χ4v) is 4.79. The van der Waals surface area contributed by atoms with Crippen molar-refractivity contribution in [3.8, 4) is 22.6 Å². The first-order chi connectivity index (χ1) is 18.5. The van der Waals surface area contributed by atoms with E-state index >= 15 is 0 Å². The van der Waals surface area contributed by atoms with Gasteiger partial charge in [-0.3, -0.25) is 10.1 Å². The van der Waals surface area contributed by atoms with Crippen molar-refractivity contribution in [3.63, 3.8) is 0 Å². The second kappa shape index (κ2) is 9.63. The van der Waals surface area contributed by atoms with Crippen molar-refractivity contribution in [2.45, 2.75) is 26.7 Å². The number of benzene rings is 1. The minimum Gasteiger partial charge on any atom is -0.359 e. The maximum Gasteiger partial charge on any atom is 0.135 e. The van der Waals surface area contributed by atoms with Crippen molar-refractivity contribution >= 4 is 27.5 Å². The smallest absolute Gasteiger partial charge is 0.135 e. The average Bonchev–Trinajstić information content (AvgIpc) is 3.56. The van der Waals surface area contributed by atoms with Crippen LogP contribution in [0.2, 0.25) is 0 Å². The van der Waals surface area contributed by atoms with Crippen LogP contribution in [-0.4, -0.2) is 25.1 Å². The van der Waals surface area contributed by atoms with E-state index in [-0.39, 0.29) is 0 Å². The number of aryl methyl sites for hydroxylation is 1. The van der Waals surface area contributed by atoms with Gasteiger partial charge in [0.25, 0.3) is 0 Å². The molecular weight excluding hydrogens is 468 g/mol. The number of nitrogens with zero attached hydrogens (tertiary/aromatic N) is 3. The molecule has 38 heavy (non-hydrogen) atoms. The Kier molecular flexibility index (Phi) is 6.00. The zero-order valence-corrected chi connectivity index (χ0v) is 21.7. The Morgan fingerprint density at radius 1 is 1.08 bits per heavy atom. The number of hydrogen-bond acceptors (Lipinski definition) is 4. The summed E-state index contributed by atoms with van der Waals surface area (Å²) >= 11 is 0. The second-order valence-corrected chi connectivity index (χ2v) is 9.81. The van der Waals surface area contributed by atoms with Gasteiger partial charge in [0, 0.05) is 34.1 Å². The van der Waals surface area contributed by atoms with Crippen LogP contribution < -0.4 is 5.32 Å². The summed E-state index contributed by atoms with van der Waals surface area (Å²) in [6.45, 7) is 12.3. The van der Waals surface area contributed by atoms with Crippen molar-refractivity contribution < 1.29 is 0 Å². The monoisotopic (exact) mass is 498 g/mol. The maximum absolute atomic E-state index is 5.03. The number of fused-ring (bicyclic) bond motifs is 2.